The van der Waals surface area contributed by atoms with Crippen LogP contribution in [0.4, 0.5) is 5.82 Å². The van der Waals surface area contributed by atoms with Crippen molar-refractivity contribution in [3.05, 3.63) is 77.9 Å². The number of rotatable bonds is 5. The molecule has 0 bridgehead atoms. The van der Waals surface area contributed by atoms with E-state index in [1.54, 1.807) is 48.7 Å². The second-order valence-electron chi connectivity index (χ2n) is 6.06. The molecule has 4 rings (SSSR count). The lowest BCUT2D eigenvalue weighted by Gasteiger charge is -2.22. The summed E-state index contributed by atoms with van der Waals surface area (Å²) in [6, 6.07) is 14.1. The third-order valence-corrected chi connectivity index (χ3v) is 6.19. The molecule has 3 aromatic rings. The van der Waals surface area contributed by atoms with Crippen LogP contribution in [-0.2, 0) is 29.4 Å². The molecule has 0 aliphatic heterocycles. The van der Waals surface area contributed by atoms with Crippen LogP contribution >= 0.6 is 0 Å². The van der Waals surface area contributed by atoms with Crippen LogP contribution < -0.4 is 4.31 Å². The molecule has 0 saturated carbocycles. The fourth-order valence-corrected chi connectivity index (χ4v) is 4.61. The first-order valence-corrected chi connectivity index (χ1v) is 9.66. The average Bonchev–Trinajstić information content (AvgIpc) is 3.31. The van der Waals surface area contributed by atoms with Gasteiger partial charge in [0.15, 0.2) is 0 Å². The fraction of sp³-hybridized carbons (Fsp3) is 0.211. The summed E-state index contributed by atoms with van der Waals surface area (Å²) in [5.41, 5.74) is 2.37. The number of sulfonamides is 1. The maximum Gasteiger partial charge on any atom is 0.265 e. The molecule has 0 radical (unpaired) electrons. The van der Waals surface area contributed by atoms with Crippen molar-refractivity contribution >= 4 is 15.8 Å². The van der Waals surface area contributed by atoms with Crippen molar-refractivity contribution in [1.82, 2.24) is 4.98 Å². The maximum atomic E-state index is 13.3. The summed E-state index contributed by atoms with van der Waals surface area (Å²) in [6.07, 6.45) is 6.15. The minimum Gasteiger partial charge on any atom is -0.467 e. The molecule has 5 nitrogen and oxygen atoms in total. The summed E-state index contributed by atoms with van der Waals surface area (Å²) in [7, 11) is -3.74. The maximum absolute atomic E-state index is 13.3. The Kier molecular flexibility index (Phi) is 4.05. The quantitative estimate of drug-likeness (QED) is 0.703. The van der Waals surface area contributed by atoms with Gasteiger partial charge in [-0.2, -0.15) is 0 Å². The number of pyridine rings is 1. The third-order valence-electron chi connectivity index (χ3n) is 4.44. The number of anilines is 1. The highest BCUT2D eigenvalue weighted by molar-refractivity contribution is 7.92. The van der Waals surface area contributed by atoms with Gasteiger partial charge >= 0.3 is 0 Å². The fourth-order valence-electron chi connectivity index (χ4n) is 3.17. The molecule has 6 heteroatoms. The number of fused-ring (bicyclic) bond motifs is 1. The van der Waals surface area contributed by atoms with E-state index in [9.17, 15) is 8.42 Å². The molecular weight excluding hydrogens is 336 g/mol. The Bertz CT molecular complexity index is 967. The van der Waals surface area contributed by atoms with E-state index in [2.05, 4.69) is 4.98 Å². The molecular formula is C19H18N2O3S. The van der Waals surface area contributed by atoms with Gasteiger partial charge in [0, 0.05) is 6.20 Å². The lowest BCUT2D eigenvalue weighted by Crippen LogP contribution is -2.31. The summed E-state index contributed by atoms with van der Waals surface area (Å²) < 4.78 is 33.3. The molecule has 0 unspecified atom stereocenters. The first-order chi connectivity index (χ1) is 12.1. The molecule has 0 fully saturated rings. The SMILES string of the molecule is O=S(=O)(c1ccc2c(c1)CCC2)N(Cc1ccco1)c1ccccn1. The molecule has 2 aromatic heterocycles. The Morgan fingerprint density at radius 1 is 1.04 bits per heavy atom. The molecule has 1 aromatic carbocycles. The number of aryl methyl sites for hydroxylation is 2. The first kappa shape index (κ1) is 15.9. The van der Waals surface area contributed by atoms with Crippen LogP contribution in [0.1, 0.15) is 23.3 Å². The molecule has 0 atom stereocenters. The van der Waals surface area contributed by atoms with E-state index in [4.69, 9.17) is 4.42 Å². The summed E-state index contributed by atoms with van der Waals surface area (Å²) >= 11 is 0. The minimum atomic E-state index is -3.74. The Morgan fingerprint density at radius 3 is 2.68 bits per heavy atom. The highest BCUT2D eigenvalue weighted by Gasteiger charge is 2.28. The van der Waals surface area contributed by atoms with Gasteiger partial charge in [-0.1, -0.05) is 12.1 Å². The molecule has 25 heavy (non-hydrogen) atoms. The second kappa shape index (κ2) is 6.37. The van der Waals surface area contributed by atoms with Gasteiger partial charge < -0.3 is 4.42 Å². The predicted molar refractivity (Wildman–Crippen MR) is 94.8 cm³/mol. The van der Waals surface area contributed by atoms with Crippen LogP contribution in [0.3, 0.4) is 0 Å². The topological polar surface area (TPSA) is 63.4 Å². The number of hydrogen-bond donors (Lipinski definition) is 0. The molecule has 0 amide bonds. The second-order valence-corrected chi connectivity index (χ2v) is 7.93. The molecule has 0 spiro atoms. The van der Waals surface area contributed by atoms with E-state index in [1.807, 2.05) is 6.07 Å². The largest absolute Gasteiger partial charge is 0.467 e. The number of hydrogen-bond acceptors (Lipinski definition) is 4. The van der Waals surface area contributed by atoms with Crippen molar-refractivity contribution in [2.75, 3.05) is 4.31 Å². The summed E-state index contributed by atoms with van der Waals surface area (Å²) in [5, 5.41) is 0. The van der Waals surface area contributed by atoms with Crippen LogP contribution in [0, 0.1) is 0 Å². The standard InChI is InChI=1S/C19H18N2O3S/c22-25(23,18-10-9-15-5-3-6-16(15)13-18)21(14-17-7-4-12-24-17)19-8-1-2-11-20-19/h1-2,4,7-13H,3,5-6,14H2. The van der Waals surface area contributed by atoms with Crippen molar-refractivity contribution in [1.29, 1.82) is 0 Å². The zero-order chi connectivity index (χ0) is 17.3. The average molecular weight is 354 g/mol. The van der Waals surface area contributed by atoms with Gasteiger partial charge in [-0.3, -0.25) is 0 Å². The molecule has 1 aliphatic carbocycles. The minimum absolute atomic E-state index is 0.101. The van der Waals surface area contributed by atoms with Crippen molar-refractivity contribution in [3.63, 3.8) is 0 Å². The van der Waals surface area contributed by atoms with Gasteiger partial charge in [0.25, 0.3) is 10.0 Å². The normalized spacial score (nSPS) is 13.6. The Labute approximate surface area is 147 Å². The molecule has 0 saturated heterocycles. The van der Waals surface area contributed by atoms with Gasteiger partial charge in [0.1, 0.15) is 11.6 Å². The Balaban J connectivity index is 1.77. The monoisotopic (exact) mass is 354 g/mol. The predicted octanol–water partition coefficient (Wildman–Crippen LogP) is 3.56. The van der Waals surface area contributed by atoms with Crippen molar-refractivity contribution < 1.29 is 12.8 Å². The van der Waals surface area contributed by atoms with E-state index in [0.717, 1.165) is 24.8 Å². The van der Waals surface area contributed by atoms with Crippen molar-refractivity contribution in [2.24, 2.45) is 0 Å². The molecule has 0 N–H and O–H groups in total. The summed E-state index contributed by atoms with van der Waals surface area (Å²) in [6.45, 7) is 0.101. The van der Waals surface area contributed by atoms with Crippen LogP contribution in [0.25, 0.3) is 0 Å². The summed E-state index contributed by atoms with van der Waals surface area (Å²) in [5.74, 6) is 0.940. The zero-order valence-corrected chi connectivity index (χ0v) is 14.4. The van der Waals surface area contributed by atoms with E-state index in [0.29, 0.717) is 16.5 Å². The van der Waals surface area contributed by atoms with Crippen LogP contribution in [0.2, 0.25) is 0 Å². The lowest BCUT2D eigenvalue weighted by atomic mass is 10.1. The van der Waals surface area contributed by atoms with Gasteiger partial charge in [-0.05, 0) is 66.8 Å². The van der Waals surface area contributed by atoms with Crippen molar-refractivity contribution in [3.8, 4) is 0 Å². The van der Waals surface area contributed by atoms with Crippen molar-refractivity contribution in [2.45, 2.75) is 30.7 Å². The number of nitrogens with zero attached hydrogens (tertiary/aromatic N) is 2. The first-order valence-electron chi connectivity index (χ1n) is 8.22. The molecule has 128 valence electrons. The number of aromatic nitrogens is 1. The molecule has 2 heterocycles. The number of furan rings is 1. The summed E-state index contributed by atoms with van der Waals surface area (Å²) in [4.78, 5) is 4.53. The third kappa shape index (κ3) is 3.05. The smallest absolute Gasteiger partial charge is 0.265 e. The Morgan fingerprint density at radius 2 is 1.92 bits per heavy atom. The van der Waals surface area contributed by atoms with E-state index in [-0.39, 0.29) is 6.54 Å². The van der Waals surface area contributed by atoms with E-state index < -0.39 is 10.0 Å². The van der Waals surface area contributed by atoms with Crippen LogP contribution in [0.5, 0.6) is 0 Å². The van der Waals surface area contributed by atoms with Crippen LogP contribution in [0.15, 0.2) is 70.3 Å². The van der Waals surface area contributed by atoms with Gasteiger partial charge in [0.05, 0.1) is 17.7 Å². The van der Waals surface area contributed by atoms with Crippen LogP contribution in [-0.4, -0.2) is 13.4 Å². The highest BCUT2D eigenvalue weighted by atomic mass is 32.2. The van der Waals surface area contributed by atoms with Gasteiger partial charge in [-0.15, -0.1) is 0 Å². The highest BCUT2D eigenvalue weighted by Crippen LogP contribution is 2.29. The lowest BCUT2D eigenvalue weighted by molar-refractivity contribution is 0.508. The molecule has 1 aliphatic rings. The zero-order valence-electron chi connectivity index (χ0n) is 13.6. The van der Waals surface area contributed by atoms with E-state index in [1.165, 1.54) is 16.1 Å². The Hall–Kier alpha value is -2.60. The van der Waals surface area contributed by atoms with Gasteiger partial charge in [0.2, 0.25) is 0 Å². The number of benzene rings is 1. The van der Waals surface area contributed by atoms with Gasteiger partial charge in [-0.25, -0.2) is 17.7 Å². The van der Waals surface area contributed by atoms with E-state index >= 15 is 0 Å².